The first-order valence-corrected chi connectivity index (χ1v) is 6.60. The summed E-state index contributed by atoms with van der Waals surface area (Å²) in [7, 11) is 0. The molecule has 1 aromatic carbocycles. The summed E-state index contributed by atoms with van der Waals surface area (Å²) in [5, 5.41) is 4.35. The first-order valence-electron chi connectivity index (χ1n) is 6.60. The minimum absolute atomic E-state index is 0.390. The monoisotopic (exact) mass is 242 g/mol. The quantitative estimate of drug-likeness (QED) is 0.823. The van der Waals surface area contributed by atoms with Gasteiger partial charge in [0.25, 0.3) is 0 Å². The molecule has 2 aromatic rings. The van der Waals surface area contributed by atoms with Crippen LogP contribution < -0.4 is 4.74 Å². The van der Waals surface area contributed by atoms with Crippen LogP contribution in [0.15, 0.2) is 36.7 Å². The van der Waals surface area contributed by atoms with Gasteiger partial charge < -0.3 is 4.74 Å². The van der Waals surface area contributed by atoms with Crippen molar-refractivity contribution in [2.45, 2.75) is 38.7 Å². The summed E-state index contributed by atoms with van der Waals surface area (Å²) in [5.41, 5.74) is 2.33. The Kier molecular flexibility index (Phi) is 3.05. The minimum Gasteiger partial charge on any atom is -0.487 e. The van der Waals surface area contributed by atoms with Crippen molar-refractivity contribution in [1.82, 2.24) is 9.78 Å². The average Bonchev–Trinajstić information content (AvgIpc) is 3.02. The Morgan fingerprint density at radius 2 is 1.89 bits per heavy atom. The summed E-state index contributed by atoms with van der Waals surface area (Å²) >= 11 is 0. The van der Waals surface area contributed by atoms with Gasteiger partial charge in [0.2, 0.25) is 0 Å². The van der Waals surface area contributed by atoms with Crippen molar-refractivity contribution >= 4 is 0 Å². The molecule has 0 atom stereocenters. The highest BCUT2D eigenvalue weighted by Crippen LogP contribution is 2.24. The number of nitrogens with zero attached hydrogens (tertiary/aromatic N) is 2. The van der Waals surface area contributed by atoms with E-state index in [9.17, 15) is 0 Å². The van der Waals surface area contributed by atoms with E-state index in [1.165, 1.54) is 31.2 Å². The molecule has 0 unspecified atom stereocenters. The van der Waals surface area contributed by atoms with Crippen LogP contribution in [0.4, 0.5) is 0 Å². The Bertz CT molecular complexity index is 510. The van der Waals surface area contributed by atoms with Crippen LogP contribution >= 0.6 is 0 Å². The third-order valence-electron chi connectivity index (χ3n) is 3.46. The molecule has 0 spiro atoms. The standard InChI is InChI=1S/C15H18N2O/c1-12-6-8-13(9-7-12)17-11-15(10-16-17)18-14-4-2-3-5-14/h6-11,14H,2-5H2,1H3. The Morgan fingerprint density at radius 1 is 1.17 bits per heavy atom. The highest BCUT2D eigenvalue weighted by molar-refractivity contribution is 5.34. The van der Waals surface area contributed by atoms with Gasteiger partial charge in [0.05, 0.1) is 24.2 Å². The zero-order valence-corrected chi connectivity index (χ0v) is 10.7. The van der Waals surface area contributed by atoms with E-state index >= 15 is 0 Å². The van der Waals surface area contributed by atoms with Gasteiger partial charge in [-0.2, -0.15) is 5.10 Å². The lowest BCUT2D eigenvalue weighted by atomic mass is 10.2. The molecule has 3 rings (SSSR count). The third-order valence-corrected chi connectivity index (χ3v) is 3.46. The molecule has 3 nitrogen and oxygen atoms in total. The fourth-order valence-corrected chi connectivity index (χ4v) is 2.40. The van der Waals surface area contributed by atoms with Gasteiger partial charge in [-0.3, -0.25) is 0 Å². The van der Waals surface area contributed by atoms with E-state index in [0.29, 0.717) is 6.10 Å². The third kappa shape index (κ3) is 2.40. The van der Waals surface area contributed by atoms with Crippen molar-refractivity contribution in [1.29, 1.82) is 0 Å². The van der Waals surface area contributed by atoms with Crippen LogP contribution in [0.3, 0.4) is 0 Å². The first-order chi connectivity index (χ1) is 8.81. The molecule has 0 saturated heterocycles. The Labute approximate surface area is 107 Å². The van der Waals surface area contributed by atoms with E-state index in [2.05, 4.69) is 36.3 Å². The fraction of sp³-hybridized carbons (Fsp3) is 0.400. The zero-order chi connectivity index (χ0) is 12.4. The van der Waals surface area contributed by atoms with Crippen LogP contribution in [0, 0.1) is 6.92 Å². The predicted octanol–water partition coefficient (Wildman–Crippen LogP) is 3.50. The van der Waals surface area contributed by atoms with Crippen LogP contribution in [0.5, 0.6) is 5.75 Å². The second-order valence-electron chi connectivity index (χ2n) is 4.98. The van der Waals surface area contributed by atoms with E-state index < -0.39 is 0 Å². The normalized spacial score (nSPS) is 16.1. The second-order valence-corrected chi connectivity index (χ2v) is 4.98. The molecule has 1 saturated carbocycles. The van der Waals surface area contributed by atoms with Crippen LogP contribution in [-0.4, -0.2) is 15.9 Å². The summed E-state index contributed by atoms with van der Waals surface area (Å²) in [6, 6.07) is 8.33. The summed E-state index contributed by atoms with van der Waals surface area (Å²) in [6.45, 7) is 2.08. The van der Waals surface area contributed by atoms with Crippen molar-refractivity contribution in [3.05, 3.63) is 42.2 Å². The summed E-state index contributed by atoms with van der Waals surface area (Å²) in [6.07, 6.45) is 9.08. The van der Waals surface area contributed by atoms with Gasteiger partial charge in [-0.25, -0.2) is 4.68 Å². The molecular formula is C15H18N2O. The number of aryl methyl sites for hydroxylation is 1. The Hall–Kier alpha value is -1.77. The first kappa shape index (κ1) is 11.3. The average molecular weight is 242 g/mol. The second kappa shape index (κ2) is 4.84. The van der Waals surface area contributed by atoms with E-state index in [0.717, 1.165) is 11.4 Å². The number of aromatic nitrogens is 2. The van der Waals surface area contributed by atoms with E-state index in [-0.39, 0.29) is 0 Å². The van der Waals surface area contributed by atoms with Crippen molar-refractivity contribution in [2.24, 2.45) is 0 Å². The molecule has 18 heavy (non-hydrogen) atoms. The molecule has 0 radical (unpaired) electrons. The molecule has 94 valence electrons. The van der Waals surface area contributed by atoms with Crippen molar-refractivity contribution in [3.8, 4) is 11.4 Å². The van der Waals surface area contributed by atoms with Crippen LogP contribution in [0.2, 0.25) is 0 Å². The number of benzene rings is 1. The zero-order valence-electron chi connectivity index (χ0n) is 10.7. The van der Waals surface area contributed by atoms with Gasteiger partial charge in [0, 0.05) is 0 Å². The Morgan fingerprint density at radius 3 is 2.61 bits per heavy atom. The molecule has 1 fully saturated rings. The lowest BCUT2D eigenvalue weighted by molar-refractivity contribution is 0.210. The topological polar surface area (TPSA) is 27.1 Å². The van der Waals surface area contributed by atoms with Gasteiger partial charge in [0.1, 0.15) is 0 Å². The molecular weight excluding hydrogens is 224 g/mol. The molecule has 0 N–H and O–H groups in total. The molecule has 0 aliphatic heterocycles. The van der Waals surface area contributed by atoms with E-state index in [1.807, 2.05) is 10.9 Å². The highest BCUT2D eigenvalue weighted by atomic mass is 16.5. The van der Waals surface area contributed by atoms with Crippen molar-refractivity contribution in [2.75, 3.05) is 0 Å². The van der Waals surface area contributed by atoms with Crippen LogP contribution in [0.25, 0.3) is 5.69 Å². The smallest absolute Gasteiger partial charge is 0.158 e. The van der Waals surface area contributed by atoms with Gasteiger partial charge >= 0.3 is 0 Å². The van der Waals surface area contributed by atoms with Gasteiger partial charge in [-0.05, 0) is 44.7 Å². The maximum atomic E-state index is 5.92. The van der Waals surface area contributed by atoms with E-state index in [4.69, 9.17) is 4.74 Å². The minimum atomic E-state index is 0.390. The molecule has 3 heteroatoms. The van der Waals surface area contributed by atoms with Crippen molar-refractivity contribution in [3.63, 3.8) is 0 Å². The number of rotatable bonds is 3. The molecule has 0 amide bonds. The number of hydrogen-bond acceptors (Lipinski definition) is 2. The van der Waals surface area contributed by atoms with E-state index in [1.54, 1.807) is 6.20 Å². The molecule has 1 aromatic heterocycles. The maximum Gasteiger partial charge on any atom is 0.158 e. The highest BCUT2D eigenvalue weighted by Gasteiger charge is 2.17. The lowest BCUT2D eigenvalue weighted by Gasteiger charge is -2.09. The van der Waals surface area contributed by atoms with Crippen molar-refractivity contribution < 1.29 is 4.74 Å². The number of hydrogen-bond donors (Lipinski definition) is 0. The summed E-state index contributed by atoms with van der Waals surface area (Å²) in [4.78, 5) is 0. The molecule has 1 aliphatic rings. The fourth-order valence-electron chi connectivity index (χ4n) is 2.40. The maximum absolute atomic E-state index is 5.92. The summed E-state index contributed by atoms with van der Waals surface area (Å²) < 4.78 is 7.78. The molecule has 1 heterocycles. The number of ether oxygens (including phenoxy) is 1. The van der Waals surface area contributed by atoms with Gasteiger partial charge in [-0.15, -0.1) is 0 Å². The summed E-state index contributed by atoms with van der Waals surface area (Å²) in [5.74, 6) is 0.877. The SMILES string of the molecule is Cc1ccc(-n2cc(OC3CCCC3)cn2)cc1. The molecule has 0 bridgehead atoms. The van der Waals surface area contributed by atoms with Crippen LogP contribution in [0.1, 0.15) is 31.2 Å². The van der Waals surface area contributed by atoms with Crippen LogP contribution in [-0.2, 0) is 0 Å². The Balaban J connectivity index is 1.74. The molecule has 1 aliphatic carbocycles. The predicted molar refractivity (Wildman–Crippen MR) is 71.2 cm³/mol. The van der Waals surface area contributed by atoms with Gasteiger partial charge in [0.15, 0.2) is 5.75 Å². The lowest BCUT2D eigenvalue weighted by Crippen LogP contribution is -2.10. The van der Waals surface area contributed by atoms with Gasteiger partial charge in [-0.1, -0.05) is 17.7 Å². The largest absolute Gasteiger partial charge is 0.487 e.